The van der Waals surface area contributed by atoms with Gasteiger partial charge in [0.1, 0.15) is 12.4 Å². The van der Waals surface area contributed by atoms with E-state index in [-0.39, 0.29) is 24.5 Å². The molecular weight excluding hydrogens is 450 g/mol. The summed E-state index contributed by atoms with van der Waals surface area (Å²) >= 11 is 0. The second-order valence-electron chi connectivity index (χ2n) is 8.99. The molecule has 0 spiro atoms. The van der Waals surface area contributed by atoms with Crippen molar-refractivity contribution in [3.63, 3.8) is 0 Å². The van der Waals surface area contributed by atoms with E-state index in [0.717, 1.165) is 28.1 Å². The molecule has 0 unspecified atom stereocenters. The van der Waals surface area contributed by atoms with E-state index in [1.807, 2.05) is 113 Å². The number of para-hydroxylation sites is 1. The van der Waals surface area contributed by atoms with E-state index in [1.165, 1.54) is 4.90 Å². The third kappa shape index (κ3) is 5.63. The first-order valence-electron chi connectivity index (χ1n) is 12.0. The zero-order chi connectivity index (χ0) is 25.7. The largest absolute Gasteiger partial charge is 0.322 e. The highest BCUT2D eigenvalue weighted by molar-refractivity contribution is 5.99. The summed E-state index contributed by atoms with van der Waals surface area (Å²) in [6.07, 6.45) is 0. The van der Waals surface area contributed by atoms with Crippen molar-refractivity contribution in [2.45, 2.75) is 33.7 Å². The maximum Gasteiger partial charge on any atom is 0.322 e. The van der Waals surface area contributed by atoms with Crippen LogP contribution in [0.15, 0.2) is 84.9 Å². The molecule has 0 saturated carbocycles. The smallest absolute Gasteiger partial charge is 0.313 e. The molecule has 0 saturated heterocycles. The third-order valence-corrected chi connectivity index (χ3v) is 5.88. The lowest BCUT2D eigenvalue weighted by molar-refractivity contribution is -0.117. The molecule has 4 rings (SSSR count). The molecule has 1 aromatic heterocycles. The first-order valence-corrected chi connectivity index (χ1v) is 12.0. The number of aromatic nitrogens is 2. The maximum atomic E-state index is 13.3. The van der Waals surface area contributed by atoms with Crippen LogP contribution in [0, 0.1) is 13.8 Å². The number of amides is 3. The van der Waals surface area contributed by atoms with Gasteiger partial charge in [0.2, 0.25) is 5.91 Å². The summed E-state index contributed by atoms with van der Waals surface area (Å²) in [5.74, 6) is 0.261. The Hall–Kier alpha value is -4.39. The number of benzene rings is 3. The molecule has 36 heavy (non-hydrogen) atoms. The molecular formula is C29H31N5O2. The van der Waals surface area contributed by atoms with Crippen molar-refractivity contribution in [1.29, 1.82) is 0 Å². The summed E-state index contributed by atoms with van der Waals surface area (Å²) < 4.78 is 1.75. The lowest BCUT2D eigenvalue weighted by Crippen LogP contribution is -2.44. The van der Waals surface area contributed by atoms with Gasteiger partial charge in [-0.25, -0.2) is 9.48 Å². The highest BCUT2D eigenvalue weighted by Gasteiger charge is 2.24. The SMILES string of the molecule is Cc1ccc(-n2nc(C)c(-c3ccccc3)c2NC(=O)CN(C(=O)Nc2ccccc2)C(C)C)cc1. The molecule has 0 aliphatic rings. The van der Waals surface area contributed by atoms with Crippen LogP contribution in [0.25, 0.3) is 16.8 Å². The number of carbonyl (C=O) groups excluding carboxylic acids is 2. The summed E-state index contributed by atoms with van der Waals surface area (Å²) in [4.78, 5) is 27.8. The maximum absolute atomic E-state index is 13.3. The molecule has 0 atom stereocenters. The van der Waals surface area contributed by atoms with Crippen molar-refractivity contribution in [1.82, 2.24) is 14.7 Å². The normalized spacial score (nSPS) is 10.8. The Morgan fingerprint density at radius 1 is 0.861 bits per heavy atom. The molecule has 0 bridgehead atoms. The molecule has 4 aromatic rings. The van der Waals surface area contributed by atoms with Crippen LogP contribution in [-0.2, 0) is 4.79 Å². The Kier molecular flexibility index (Phi) is 7.49. The molecule has 1 heterocycles. The van der Waals surface area contributed by atoms with Crippen LogP contribution in [-0.4, -0.2) is 39.2 Å². The minimum absolute atomic E-state index is 0.108. The van der Waals surface area contributed by atoms with Crippen molar-refractivity contribution in [3.8, 4) is 16.8 Å². The van der Waals surface area contributed by atoms with Crippen LogP contribution in [0.3, 0.4) is 0 Å². The number of nitrogens with one attached hydrogen (secondary N) is 2. The van der Waals surface area contributed by atoms with Crippen LogP contribution in [0.5, 0.6) is 0 Å². The van der Waals surface area contributed by atoms with Gasteiger partial charge in [0.15, 0.2) is 0 Å². The van der Waals surface area contributed by atoms with Crippen molar-refractivity contribution in [2.75, 3.05) is 17.2 Å². The number of nitrogens with zero attached hydrogens (tertiary/aromatic N) is 3. The van der Waals surface area contributed by atoms with Gasteiger partial charge in [0.25, 0.3) is 0 Å². The van der Waals surface area contributed by atoms with Gasteiger partial charge < -0.3 is 15.5 Å². The van der Waals surface area contributed by atoms with Crippen LogP contribution in [0.4, 0.5) is 16.3 Å². The standard InChI is InChI=1S/C29H31N5O2/c1-20(2)33(29(36)30-24-13-9-6-10-14-24)19-26(35)31-28-27(23-11-7-5-8-12-23)22(4)32-34(28)25-17-15-21(3)16-18-25/h5-18,20H,19H2,1-4H3,(H,30,36)(H,31,35). The molecule has 2 N–H and O–H groups in total. The van der Waals surface area contributed by atoms with Gasteiger partial charge in [-0.1, -0.05) is 66.2 Å². The van der Waals surface area contributed by atoms with Crippen molar-refractivity contribution >= 4 is 23.4 Å². The molecule has 0 aliphatic heterocycles. The number of hydrogen-bond acceptors (Lipinski definition) is 3. The quantitative estimate of drug-likeness (QED) is 0.338. The van der Waals surface area contributed by atoms with E-state index >= 15 is 0 Å². The fourth-order valence-corrected chi connectivity index (χ4v) is 4.00. The van der Waals surface area contributed by atoms with E-state index in [1.54, 1.807) is 4.68 Å². The van der Waals surface area contributed by atoms with E-state index in [2.05, 4.69) is 10.6 Å². The van der Waals surface area contributed by atoms with Gasteiger partial charge in [0, 0.05) is 17.3 Å². The van der Waals surface area contributed by atoms with Crippen molar-refractivity contribution < 1.29 is 9.59 Å². The van der Waals surface area contributed by atoms with Crippen LogP contribution in [0.2, 0.25) is 0 Å². The molecule has 0 aliphatic carbocycles. The fraction of sp³-hybridized carbons (Fsp3) is 0.207. The lowest BCUT2D eigenvalue weighted by Gasteiger charge is -2.26. The summed E-state index contributed by atoms with van der Waals surface area (Å²) in [5, 5.41) is 10.7. The minimum Gasteiger partial charge on any atom is -0.313 e. The van der Waals surface area contributed by atoms with Crippen LogP contribution >= 0.6 is 0 Å². The molecule has 7 nitrogen and oxygen atoms in total. The molecule has 3 amide bonds. The van der Waals surface area contributed by atoms with E-state index in [9.17, 15) is 9.59 Å². The van der Waals surface area contributed by atoms with Gasteiger partial charge in [-0.2, -0.15) is 5.10 Å². The predicted octanol–water partition coefficient (Wildman–Crippen LogP) is 6.04. The second-order valence-corrected chi connectivity index (χ2v) is 8.99. The second kappa shape index (κ2) is 10.9. The highest BCUT2D eigenvalue weighted by Crippen LogP contribution is 2.33. The van der Waals surface area contributed by atoms with E-state index in [0.29, 0.717) is 11.5 Å². The van der Waals surface area contributed by atoms with E-state index < -0.39 is 0 Å². The summed E-state index contributed by atoms with van der Waals surface area (Å²) in [6, 6.07) is 26.5. The number of aryl methyl sites for hydroxylation is 2. The Morgan fingerprint density at radius 2 is 1.47 bits per heavy atom. The number of rotatable bonds is 7. The first kappa shape index (κ1) is 24.7. The lowest BCUT2D eigenvalue weighted by atomic mass is 10.1. The number of hydrogen-bond donors (Lipinski definition) is 2. The van der Waals surface area contributed by atoms with Gasteiger partial charge in [-0.15, -0.1) is 0 Å². The zero-order valence-corrected chi connectivity index (χ0v) is 21.0. The molecule has 0 radical (unpaired) electrons. The zero-order valence-electron chi connectivity index (χ0n) is 21.0. The molecule has 0 fully saturated rings. The molecule has 7 heteroatoms. The number of carbonyl (C=O) groups is 2. The Morgan fingerprint density at radius 3 is 2.08 bits per heavy atom. The monoisotopic (exact) mass is 481 g/mol. The number of anilines is 2. The molecule has 3 aromatic carbocycles. The average Bonchev–Trinajstić information content (AvgIpc) is 3.19. The van der Waals surface area contributed by atoms with Crippen LogP contribution in [0.1, 0.15) is 25.1 Å². The predicted molar refractivity (Wildman–Crippen MR) is 144 cm³/mol. The van der Waals surface area contributed by atoms with Gasteiger partial charge in [0.05, 0.1) is 11.4 Å². The minimum atomic E-state index is -0.335. The summed E-state index contributed by atoms with van der Waals surface area (Å²) in [6.45, 7) is 7.61. The van der Waals surface area contributed by atoms with Gasteiger partial charge in [-0.05, 0) is 57.5 Å². The number of urea groups is 1. The Bertz CT molecular complexity index is 1330. The van der Waals surface area contributed by atoms with Crippen LogP contribution < -0.4 is 10.6 Å². The topological polar surface area (TPSA) is 79.3 Å². The average molecular weight is 482 g/mol. The highest BCUT2D eigenvalue weighted by atomic mass is 16.2. The van der Waals surface area contributed by atoms with Gasteiger partial charge in [-0.3, -0.25) is 4.79 Å². The Balaban J connectivity index is 1.64. The fourth-order valence-electron chi connectivity index (χ4n) is 4.00. The first-order chi connectivity index (χ1) is 17.3. The Labute approximate surface area is 211 Å². The van der Waals surface area contributed by atoms with Gasteiger partial charge >= 0.3 is 6.03 Å². The summed E-state index contributed by atoms with van der Waals surface area (Å²) in [7, 11) is 0. The van der Waals surface area contributed by atoms with E-state index in [4.69, 9.17) is 5.10 Å². The third-order valence-electron chi connectivity index (χ3n) is 5.88. The van der Waals surface area contributed by atoms with Crippen molar-refractivity contribution in [3.05, 3.63) is 96.2 Å². The molecule has 184 valence electrons. The van der Waals surface area contributed by atoms with Crippen molar-refractivity contribution in [2.24, 2.45) is 0 Å². The summed E-state index contributed by atoms with van der Waals surface area (Å²) in [5.41, 5.74) is 5.23.